The third-order valence-electron chi connectivity index (χ3n) is 5.26. The van der Waals surface area contributed by atoms with Crippen LogP contribution in [0.4, 0.5) is 14.5 Å². The van der Waals surface area contributed by atoms with Crippen LogP contribution < -0.4 is 10.1 Å². The number of fused-ring (bicyclic) bond motifs is 1. The van der Waals surface area contributed by atoms with Gasteiger partial charge >= 0.3 is 0 Å². The van der Waals surface area contributed by atoms with Gasteiger partial charge in [0.15, 0.2) is 11.6 Å². The average Bonchev–Trinajstić information content (AvgIpc) is 3.17. The summed E-state index contributed by atoms with van der Waals surface area (Å²) in [7, 11) is 1.47. The normalized spacial score (nSPS) is 14.9. The number of imidazole rings is 1. The summed E-state index contributed by atoms with van der Waals surface area (Å²) in [5, 5.41) is 2.63. The third kappa shape index (κ3) is 3.67. The molecule has 1 saturated heterocycles. The Labute approximate surface area is 166 Å². The number of rotatable bonds is 4. The van der Waals surface area contributed by atoms with E-state index in [1.165, 1.54) is 20.1 Å². The summed E-state index contributed by atoms with van der Waals surface area (Å²) in [6.07, 6.45) is 5.35. The number of hydrogen-bond donors (Lipinski definition) is 1. The molecule has 0 unspecified atom stereocenters. The Hall–Kier alpha value is -3.00. The number of benzene rings is 1. The van der Waals surface area contributed by atoms with E-state index in [9.17, 15) is 13.6 Å². The molecule has 2 aromatic heterocycles. The first-order valence-corrected chi connectivity index (χ1v) is 9.38. The van der Waals surface area contributed by atoms with E-state index in [1.807, 2.05) is 6.20 Å². The monoisotopic (exact) mass is 401 g/mol. The van der Waals surface area contributed by atoms with E-state index in [2.05, 4.69) is 10.3 Å². The van der Waals surface area contributed by atoms with Crippen molar-refractivity contribution >= 4 is 17.2 Å². The van der Waals surface area contributed by atoms with Crippen LogP contribution in [0.15, 0.2) is 30.6 Å². The number of methoxy groups -OCH3 is 1. The Kier molecular flexibility index (Phi) is 5.19. The van der Waals surface area contributed by atoms with Crippen LogP contribution in [0, 0.1) is 18.6 Å². The van der Waals surface area contributed by atoms with Crippen molar-refractivity contribution in [2.75, 3.05) is 25.6 Å². The Bertz CT molecular complexity index is 1070. The molecule has 1 aliphatic rings. The van der Waals surface area contributed by atoms with E-state index in [1.54, 1.807) is 16.7 Å². The third-order valence-corrected chi connectivity index (χ3v) is 5.26. The maximum Gasteiger partial charge on any atom is 0.260 e. The SMILES string of the molecule is COc1cc2nc(C3CCOCC3)cn2cc1C(=O)Nc1ccc(F)c(F)c1C. The van der Waals surface area contributed by atoms with Crippen molar-refractivity contribution in [1.82, 2.24) is 9.38 Å². The molecule has 3 heterocycles. The highest BCUT2D eigenvalue weighted by Crippen LogP contribution is 2.29. The van der Waals surface area contributed by atoms with Crippen LogP contribution >= 0.6 is 0 Å². The molecule has 0 saturated carbocycles. The minimum Gasteiger partial charge on any atom is -0.496 e. The number of aromatic nitrogens is 2. The van der Waals surface area contributed by atoms with Crippen LogP contribution in [0.1, 0.15) is 40.4 Å². The lowest BCUT2D eigenvalue weighted by molar-refractivity contribution is 0.0846. The summed E-state index contributed by atoms with van der Waals surface area (Å²) in [6.45, 7) is 2.83. The van der Waals surface area contributed by atoms with Gasteiger partial charge in [-0.3, -0.25) is 4.79 Å². The van der Waals surface area contributed by atoms with Crippen LogP contribution in [0.25, 0.3) is 5.65 Å². The number of nitrogens with one attached hydrogen (secondary N) is 1. The lowest BCUT2D eigenvalue weighted by atomic mass is 9.97. The lowest BCUT2D eigenvalue weighted by Gasteiger charge is -2.19. The second kappa shape index (κ2) is 7.79. The maximum absolute atomic E-state index is 13.8. The maximum atomic E-state index is 13.8. The summed E-state index contributed by atoms with van der Waals surface area (Å²) in [6, 6.07) is 4.00. The van der Waals surface area contributed by atoms with E-state index in [0.717, 1.165) is 24.6 Å². The molecule has 29 heavy (non-hydrogen) atoms. The first kappa shape index (κ1) is 19.3. The summed E-state index contributed by atoms with van der Waals surface area (Å²) >= 11 is 0. The number of carbonyl (C=O) groups is 1. The zero-order valence-electron chi connectivity index (χ0n) is 16.2. The van der Waals surface area contributed by atoms with Crippen LogP contribution in [-0.2, 0) is 4.74 Å². The molecule has 152 valence electrons. The second-order valence-electron chi connectivity index (χ2n) is 7.06. The first-order chi connectivity index (χ1) is 14.0. The molecular formula is C21H21F2N3O3. The van der Waals surface area contributed by atoms with Crippen LogP contribution in [0.3, 0.4) is 0 Å². The summed E-state index contributed by atoms with van der Waals surface area (Å²) in [5.74, 6) is -1.77. The van der Waals surface area contributed by atoms with Gasteiger partial charge in [-0.05, 0) is 31.9 Å². The van der Waals surface area contributed by atoms with E-state index in [4.69, 9.17) is 9.47 Å². The Balaban J connectivity index is 1.67. The summed E-state index contributed by atoms with van der Waals surface area (Å²) in [5.41, 5.74) is 2.11. The van der Waals surface area contributed by atoms with E-state index in [-0.39, 0.29) is 16.8 Å². The molecule has 1 N–H and O–H groups in total. The molecule has 0 bridgehead atoms. The second-order valence-corrected chi connectivity index (χ2v) is 7.06. The van der Waals surface area contributed by atoms with Crippen LogP contribution in [0.5, 0.6) is 5.75 Å². The predicted molar refractivity (Wildman–Crippen MR) is 104 cm³/mol. The van der Waals surface area contributed by atoms with Gasteiger partial charge in [-0.25, -0.2) is 13.8 Å². The topological polar surface area (TPSA) is 64.9 Å². The van der Waals surface area contributed by atoms with E-state index < -0.39 is 17.5 Å². The molecule has 1 amide bonds. The highest BCUT2D eigenvalue weighted by Gasteiger charge is 2.21. The van der Waals surface area contributed by atoms with Crippen molar-refractivity contribution < 1.29 is 23.0 Å². The van der Waals surface area contributed by atoms with Gasteiger partial charge < -0.3 is 19.2 Å². The molecule has 3 aromatic rings. The number of nitrogens with zero attached hydrogens (tertiary/aromatic N) is 2. The molecule has 0 aliphatic carbocycles. The number of anilines is 1. The fraction of sp³-hybridized carbons (Fsp3) is 0.333. The highest BCUT2D eigenvalue weighted by molar-refractivity contribution is 6.06. The number of ether oxygens (including phenoxy) is 2. The van der Waals surface area contributed by atoms with Gasteiger partial charge in [-0.1, -0.05) is 0 Å². The number of hydrogen-bond acceptors (Lipinski definition) is 4. The minimum atomic E-state index is -0.985. The van der Waals surface area contributed by atoms with Gasteiger partial charge in [-0.15, -0.1) is 0 Å². The first-order valence-electron chi connectivity index (χ1n) is 9.38. The van der Waals surface area contributed by atoms with E-state index in [0.29, 0.717) is 30.5 Å². The zero-order valence-corrected chi connectivity index (χ0v) is 16.2. The molecule has 0 radical (unpaired) electrons. The van der Waals surface area contributed by atoms with Crippen LogP contribution in [-0.4, -0.2) is 35.6 Å². The number of halogens is 2. The Morgan fingerprint density at radius 3 is 2.76 bits per heavy atom. The van der Waals surface area contributed by atoms with Gasteiger partial charge in [0.1, 0.15) is 11.4 Å². The molecule has 1 fully saturated rings. The van der Waals surface area contributed by atoms with Crippen molar-refractivity contribution in [3.05, 3.63) is 59.0 Å². The summed E-state index contributed by atoms with van der Waals surface area (Å²) in [4.78, 5) is 17.5. The van der Waals surface area contributed by atoms with Crippen molar-refractivity contribution in [3.8, 4) is 5.75 Å². The smallest absolute Gasteiger partial charge is 0.260 e. The van der Waals surface area contributed by atoms with Crippen molar-refractivity contribution in [3.63, 3.8) is 0 Å². The fourth-order valence-electron chi connectivity index (χ4n) is 3.54. The molecule has 4 rings (SSSR count). The Morgan fingerprint density at radius 2 is 2.03 bits per heavy atom. The molecular weight excluding hydrogens is 380 g/mol. The van der Waals surface area contributed by atoms with Crippen molar-refractivity contribution in [2.24, 2.45) is 0 Å². The van der Waals surface area contributed by atoms with Gasteiger partial charge in [0.2, 0.25) is 0 Å². The van der Waals surface area contributed by atoms with Gasteiger partial charge in [-0.2, -0.15) is 0 Å². The molecule has 1 aliphatic heterocycles. The van der Waals surface area contributed by atoms with Gasteiger partial charge in [0, 0.05) is 48.8 Å². The van der Waals surface area contributed by atoms with Crippen molar-refractivity contribution in [2.45, 2.75) is 25.7 Å². The average molecular weight is 401 g/mol. The summed E-state index contributed by atoms with van der Waals surface area (Å²) < 4.78 is 39.7. The predicted octanol–water partition coefficient (Wildman–Crippen LogP) is 4.08. The standard InChI is InChI=1S/C21H21F2N3O3/c1-12-16(4-3-15(22)20(12)23)25-21(27)14-10-26-11-17(13-5-7-29-8-6-13)24-19(26)9-18(14)28-2/h3-4,9-11,13H,5-8H2,1-2H3,(H,25,27). The molecule has 6 nitrogen and oxygen atoms in total. The lowest BCUT2D eigenvalue weighted by Crippen LogP contribution is -2.15. The molecule has 0 spiro atoms. The van der Waals surface area contributed by atoms with Crippen molar-refractivity contribution in [1.29, 1.82) is 0 Å². The quantitative estimate of drug-likeness (QED) is 0.716. The Morgan fingerprint density at radius 1 is 1.28 bits per heavy atom. The van der Waals surface area contributed by atoms with Gasteiger partial charge in [0.25, 0.3) is 5.91 Å². The molecule has 0 atom stereocenters. The zero-order chi connectivity index (χ0) is 20.5. The highest BCUT2D eigenvalue weighted by atomic mass is 19.2. The van der Waals surface area contributed by atoms with Crippen LogP contribution in [0.2, 0.25) is 0 Å². The molecule has 1 aromatic carbocycles. The number of pyridine rings is 1. The minimum absolute atomic E-state index is 0.0304. The van der Waals surface area contributed by atoms with E-state index >= 15 is 0 Å². The number of carbonyl (C=O) groups excluding carboxylic acids is 1. The largest absolute Gasteiger partial charge is 0.496 e. The fourth-order valence-corrected chi connectivity index (χ4v) is 3.54. The molecule has 8 heteroatoms. The van der Waals surface area contributed by atoms with Gasteiger partial charge in [0.05, 0.1) is 18.4 Å². The number of amides is 1.